The van der Waals surface area contributed by atoms with E-state index in [4.69, 9.17) is 5.26 Å². The van der Waals surface area contributed by atoms with E-state index in [-0.39, 0.29) is 23.0 Å². The summed E-state index contributed by atoms with van der Waals surface area (Å²) in [7, 11) is 1.03. The number of benzene rings is 1. The van der Waals surface area contributed by atoms with Crippen molar-refractivity contribution in [1.82, 2.24) is 0 Å². The zero-order valence-electron chi connectivity index (χ0n) is 9.45. The molecule has 0 spiro atoms. The van der Waals surface area contributed by atoms with Crippen molar-refractivity contribution in [3.8, 4) is 6.07 Å². The van der Waals surface area contributed by atoms with Crippen molar-refractivity contribution in [2.45, 2.75) is 10.4 Å². The number of thioether (sulfide) groups is 1. The van der Waals surface area contributed by atoms with Gasteiger partial charge < -0.3 is 4.74 Å². The molecule has 0 saturated carbocycles. The molecule has 0 atom stereocenters. The molecule has 0 fully saturated rings. The number of carbonyl (C=O) groups excluding carboxylic acids is 2. The maximum atomic E-state index is 12.3. The number of rotatable bonds is 3. The van der Waals surface area contributed by atoms with Gasteiger partial charge in [0.2, 0.25) is 0 Å². The van der Waals surface area contributed by atoms with E-state index in [9.17, 15) is 22.8 Å². The lowest BCUT2D eigenvalue weighted by atomic mass is 10.1. The van der Waals surface area contributed by atoms with Crippen LogP contribution in [0, 0.1) is 11.3 Å². The van der Waals surface area contributed by atoms with Crippen molar-refractivity contribution in [1.29, 1.82) is 5.26 Å². The van der Waals surface area contributed by atoms with Crippen LogP contribution < -0.4 is 0 Å². The van der Waals surface area contributed by atoms with Gasteiger partial charge in [0, 0.05) is 10.5 Å². The zero-order valence-corrected chi connectivity index (χ0v) is 10.3. The second kappa shape index (κ2) is 5.75. The van der Waals surface area contributed by atoms with Crippen molar-refractivity contribution in [2.24, 2.45) is 0 Å². The Morgan fingerprint density at radius 2 is 2.11 bits per heavy atom. The van der Waals surface area contributed by atoms with Gasteiger partial charge in [-0.25, -0.2) is 4.79 Å². The fourth-order valence-electron chi connectivity index (χ4n) is 1.28. The molecule has 0 aliphatic rings. The minimum atomic E-state index is -4.61. The molecule has 0 radical (unpaired) electrons. The molecule has 1 aromatic carbocycles. The van der Waals surface area contributed by atoms with Crippen LogP contribution in [0.1, 0.15) is 26.3 Å². The Morgan fingerprint density at radius 1 is 1.47 bits per heavy atom. The van der Waals surface area contributed by atoms with E-state index in [1.165, 1.54) is 0 Å². The second-order valence-corrected chi connectivity index (χ2v) is 4.31. The Labute approximate surface area is 110 Å². The average Bonchev–Trinajstić information content (AvgIpc) is 2.35. The summed E-state index contributed by atoms with van der Waals surface area (Å²) in [6.45, 7) is 0. The molecule has 0 unspecified atom stereocenters. The molecule has 1 rings (SSSR count). The second-order valence-electron chi connectivity index (χ2n) is 3.20. The van der Waals surface area contributed by atoms with Crippen LogP contribution >= 0.6 is 11.8 Å². The highest BCUT2D eigenvalue weighted by Gasteiger charge is 2.31. The van der Waals surface area contributed by atoms with E-state index in [0.29, 0.717) is 0 Å². The van der Waals surface area contributed by atoms with Crippen LogP contribution in [0.5, 0.6) is 0 Å². The van der Waals surface area contributed by atoms with E-state index < -0.39 is 28.1 Å². The lowest BCUT2D eigenvalue weighted by Crippen LogP contribution is -2.08. The highest BCUT2D eigenvalue weighted by atomic mass is 32.2. The molecule has 1 aromatic rings. The smallest absolute Gasteiger partial charge is 0.446 e. The van der Waals surface area contributed by atoms with Gasteiger partial charge in [0.25, 0.3) is 0 Å². The minimum Gasteiger partial charge on any atom is -0.465 e. The molecular weight excluding hydrogens is 283 g/mol. The van der Waals surface area contributed by atoms with Crippen LogP contribution in [0.25, 0.3) is 0 Å². The molecule has 0 N–H and O–H groups in total. The van der Waals surface area contributed by atoms with E-state index in [2.05, 4.69) is 4.74 Å². The normalized spacial score (nSPS) is 10.7. The molecule has 0 aromatic heterocycles. The van der Waals surface area contributed by atoms with Gasteiger partial charge in [-0.05, 0) is 23.9 Å². The van der Waals surface area contributed by atoms with Crippen LogP contribution in [0.4, 0.5) is 13.2 Å². The maximum absolute atomic E-state index is 12.3. The van der Waals surface area contributed by atoms with Crippen LogP contribution in [-0.2, 0) is 4.74 Å². The summed E-state index contributed by atoms with van der Waals surface area (Å²) in [6, 6.07) is 3.29. The third kappa shape index (κ3) is 3.72. The molecule has 0 heterocycles. The monoisotopic (exact) mass is 289 g/mol. The number of ether oxygens (including phenoxy) is 1. The van der Waals surface area contributed by atoms with Crippen LogP contribution in [0.15, 0.2) is 17.0 Å². The first kappa shape index (κ1) is 15.0. The summed E-state index contributed by atoms with van der Waals surface area (Å²) < 4.78 is 41.3. The first-order valence-corrected chi connectivity index (χ1v) is 5.51. The largest absolute Gasteiger partial charge is 0.465 e. The van der Waals surface area contributed by atoms with Crippen molar-refractivity contribution in [2.75, 3.05) is 7.11 Å². The van der Waals surface area contributed by atoms with E-state index in [0.717, 1.165) is 19.2 Å². The highest BCUT2D eigenvalue weighted by Crippen LogP contribution is 2.39. The Kier molecular flexibility index (Phi) is 4.56. The Morgan fingerprint density at radius 3 is 2.53 bits per heavy atom. The van der Waals surface area contributed by atoms with Crippen molar-refractivity contribution in [3.05, 3.63) is 28.8 Å². The quantitative estimate of drug-likeness (QED) is 0.486. The maximum Gasteiger partial charge on any atom is 0.446 e. The van der Waals surface area contributed by atoms with Gasteiger partial charge in [0.1, 0.15) is 6.07 Å². The topological polar surface area (TPSA) is 67.2 Å². The summed E-state index contributed by atoms with van der Waals surface area (Å²) in [5.41, 5.74) is -5.46. The van der Waals surface area contributed by atoms with Gasteiger partial charge in [-0.3, -0.25) is 4.79 Å². The molecule has 19 heavy (non-hydrogen) atoms. The summed E-state index contributed by atoms with van der Waals surface area (Å²) >= 11 is -0.533. The van der Waals surface area contributed by atoms with Gasteiger partial charge in [0.05, 0.1) is 18.2 Å². The highest BCUT2D eigenvalue weighted by molar-refractivity contribution is 8.00. The van der Waals surface area contributed by atoms with Gasteiger partial charge in [0.15, 0.2) is 6.29 Å². The number of methoxy groups -OCH3 is 1. The fraction of sp³-hybridized carbons (Fsp3) is 0.182. The minimum absolute atomic E-state index is 0.199. The van der Waals surface area contributed by atoms with E-state index >= 15 is 0 Å². The van der Waals surface area contributed by atoms with E-state index in [1.54, 1.807) is 6.07 Å². The summed E-state index contributed by atoms with van der Waals surface area (Å²) in [5.74, 6) is -0.949. The number of halogens is 3. The first-order chi connectivity index (χ1) is 8.82. The summed E-state index contributed by atoms with van der Waals surface area (Å²) in [6.07, 6.45) is 0.273. The Balaban J connectivity index is 3.42. The SMILES string of the molecule is COC(=O)c1cc(SC(F)(F)F)c(C#N)cc1C=O. The number of hydrogen-bond donors (Lipinski definition) is 0. The third-order valence-corrected chi connectivity index (χ3v) is 2.82. The molecule has 0 bridgehead atoms. The van der Waals surface area contributed by atoms with Gasteiger partial charge >= 0.3 is 11.5 Å². The van der Waals surface area contributed by atoms with Crippen molar-refractivity contribution >= 4 is 24.0 Å². The van der Waals surface area contributed by atoms with Crippen LogP contribution in [0.2, 0.25) is 0 Å². The van der Waals surface area contributed by atoms with Gasteiger partial charge in [-0.1, -0.05) is 0 Å². The molecule has 0 amide bonds. The van der Waals surface area contributed by atoms with Gasteiger partial charge in [-0.2, -0.15) is 18.4 Å². The summed E-state index contributed by atoms with van der Waals surface area (Å²) in [5, 5.41) is 8.76. The van der Waals surface area contributed by atoms with Crippen molar-refractivity contribution < 1.29 is 27.5 Å². The lowest BCUT2D eigenvalue weighted by Gasteiger charge is -2.10. The standard InChI is InChI=1S/C11H6F3NO3S/c1-18-10(17)8-3-9(19-11(12,13)14)6(4-15)2-7(8)5-16/h2-3,5H,1H3. The molecule has 0 saturated heterocycles. The number of nitriles is 1. The fourth-order valence-corrected chi connectivity index (χ4v) is 1.92. The third-order valence-electron chi connectivity index (χ3n) is 2.03. The van der Waals surface area contributed by atoms with Crippen molar-refractivity contribution in [3.63, 3.8) is 0 Å². The number of esters is 1. The van der Waals surface area contributed by atoms with Crippen LogP contribution in [0.3, 0.4) is 0 Å². The number of alkyl halides is 3. The number of hydrogen-bond acceptors (Lipinski definition) is 5. The Bertz CT molecular complexity index is 564. The number of aldehydes is 1. The van der Waals surface area contributed by atoms with E-state index in [1.807, 2.05) is 0 Å². The molecule has 100 valence electrons. The van der Waals surface area contributed by atoms with Crippen LogP contribution in [-0.4, -0.2) is 24.9 Å². The average molecular weight is 289 g/mol. The number of nitrogens with zero attached hydrogens (tertiary/aromatic N) is 1. The molecule has 8 heteroatoms. The Hall–Kier alpha value is -2.01. The molecular formula is C11H6F3NO3S. The molecule has 0 aliphatic carbocycles. The van der Waals surface area contributed by atoms with Gasteiger partial charge in [-0.15, -0.1) is 0 Å². The first-order valence-electron chi connectivity index (χ1n) is 4.69. The zero-order chi connectivity index (χ0) is 14.6. The molecule has 4 nitrogen and oxygen atoms in total. The predicted molar refractivity (Wildman–Crippen MR) is 59.8 cm³/mol. The molecule has 0 aliphatic heterocycles. The number of carbonyl (C=O) groups is 2. The lowest BCUT2D eigenvalue weighted by molar-refractivity contribution is -0.0328. The summed E-state index contributed by atoms with van der Waals surface area (Å²) in [4.78, 5) is 21.7. The predicted octanol–water partition coefficient (Wildman–Crippen LogP) is 2.77.